The van der Waals surface area contributed by atoms with Gasteiger partial charge in [-0.1, -0.05) is 41.4 Å². The Hall–Kier alpha value is -2.10. The normalized spacial score (nSPS) is 10.6. The van der Waals surface area contributed by atoms with E-state index in [0.717, 1.165) is 0 Å². The van der Waals surface area contributed by atoms with Gasteiger partial charge in [-0.05, 0) is 35.9 Å². The molecule has 21 heavy (non-hydrogen) atoms. The van der Waals surface area contributed by atoms with E-state index in [-0.39, 0.29) is 11.3 Å². The number of hydrogen-bond donors (Lipinski definition) is 0. The van der Waals surface area contributed by atoms with Crippen LogP contribution in [0.3, 0.4) is 0 Å². The Bertz CT molecular complexity index is 708. The molecule has 0 bridgehead atoms. The number of hydrogen-bond acceptors (Lipinski definition) is 3. The second-order valence-electron chi connectivity index (χ2n) is 4.08. The first-order valence-electron chi connectivity index (χ1n) is 5.99. The molecule has 0 aliphatic rings. The molecule has 0 aliphatic carbocycles. The van der Waals surface area contributed by atoms with E-state index < -0.39 is 5.97 Å². The number of ether oxygens (including phenoxy) is 1. The monoisotopic (exact) mass is 320 g/mol. The molecule has 0 fully saturated rings. The molecule has 0 amide bonds. The number of halogens is 2. The fourth-order valence-electron chi connectivity index (χ4n) is 1.61. The van der Waals surface area contributed by atoms with E-state index in [4.69, 9.17) is 27.9 Å². The van der Waals surface area contributed by atoms with Crippen LogP contribution in [0.1, 0.15) is 15.9 Å². The van der Waals surface area contributed by atoms with Gasteiger partial charge in [0.1, 0.15) is 5.75 Å². The zero-order valence-electron chi connectivity index (χ0n) is 10.8. The van der Waals surface area contributed by atoms with Crippen LogP contribution in [0.4, 0.5) is 0 Å². The lowest BCUT2D eigenvalue weighted by molar-refractivity contribution is -0.128. The molecule has 2 aromatic rings. The third kappa shape index (κ3) is 4.18. The van der Waals surface area contributed by atoms with Crippen LogP contribution in [0.15, 0.2) is 48.5 Å². The summed E-state index contributed by atoms with van der Waals surface area (Å²) < 4.78 is 5.09. The van der Waals surface area contributed by atoms with Crippen molar-refractivity contribution in [3.05, 3.63) is 69.7 Å². The highest BCUT2D eigenvalue weighted by molar-refractivity contribution is 6.32. The number of carbonyl (C=O) groups excluding carboxylic acids is 2. The first-order chi connectivity index (χ1) is 10.1. The van der Waals surface area contributed by atoms with Gasteiger partial charge < -0.3 is 4.74 Å². The maximum Gasteiger partial charge on any atom is 0.336 e. The average molecular weight is 321 g/mol. The molecule has 0 N–H and O–H groups in total. The molecular weight excluding hydrogens is 311 g/mol. The fraction of sp³-hybridized carbons (Fsp3) is 0. The van der Waals surface area contributed by atoms with Crippen molar-refractivity contribution in [1.82, 2.24) is 0 Å². The van der Waals surface area contributed by atoms with Crippen LogP contribution < -0.4 is 4.74 Å². The lowest BCUT2D eigenvalue weighted by atomic mass is 10.2. The summed E-state index contributed by atoms with van der Waals surface area (Å²) >= 11 is 11.7. The quantitative estimate of drug-likeness (QED) is 0.362. The molecule has 0 saturated carbocycles. The summed E-state index contributed by atoms with van der Waals surface area (Å²) in [5.74, 6) is -0.455. The number of rotatable bonds is 4. The average Bonchev–Trinajstić information content (AvgIpc) is 2.48. The SMILES string of the molecule is O=Cc1cc(Cl)ccc1OC(=O)C=Cc1ccccc1Cl. The molecule has 0 spiro atoms. The van der Waals surface area contributed by atoms with Gasteiger partial charge in [-0.2, -0.15) is 0 Å². The zero-order valence-corrected chi connectivity index (χ0v) is 12.3. The van der Waals surface area contributed by atoms with Crippen molar-refractivity contribution in [2.24, 2.45) is 0 Å². The van der Waals surface area contributed by atoms with Crippen LogP contribution in [0.5, 0.6) is 5.75 Å². The van der Waals surface area contributed by atoms with Crippen LogP contribution in [0.2, 0.25) is 10.0 Å². The third-order valence-corrected chi connectivity index (χ3v) is 3.19. The molecule has 106 valence electrons. The molecule has 0 aliphatic heterocycles. The summed E-state index contributed by atoms with van der Waals surface area (Å²) in [5.41, 5.74) is 0.907. The lowest BCUT2D eigenvalue weighted by Gasteiger charge is -2.04. The van der Waals surface area contributed by atoms with Crippen molar-refractivity contribution >= 4 is 41.5 Å². The Morgan fingerprint density at radius 1 is 1.05 bits per heavy atom. The van der Waals surface area contributed by atoms with Gasteiger partial charge in [0.25, 0.3) is 0 Å². The van der Waals surface area contributed by atoms with E-state index in [9.17, 15) is 9.59 Å². The molecule has 2 rings (SSSR count). The van der Waals surface area contributed by atoms with Crippen LogP contribution in [-0.4, -0.2) is 12.3 Å². The van der Waals surface area contributed by atoms with Crippen molar-refractivity contribution in [2.45, 2.75) is 0 Å². The van der Waals surface area contributed by atoms with E-state index >= 15 is 0 Å². The maximum atomic E-state index is 11.7. The molecule has 0 heterocycles. The Morgan fingerprint density at radius 3 is 2.52 bits per heavy atom. The van der Waals surface area contributed by atoms with Crippen molar-refractivity contribution in [2.75, 3.05) is 0 Å². The highest BCUT2D eigenvalue weighted by Gasteiger charge is 2.07. The largest absolute Gasteiger partial charge is 0.423 e. The second-order valence-corrected chi connectivity index (χ2v) is 4.92. The standard InChI is InChI=1S/C16H10Cl2O3/c17-13-6-7-15(12(9-13)10-19)21-16(20)8-5-11-3-1-2-4-14(11)18/h1-10H. The summed E-state index contributed by atoms with van der Waals surface area (Å²) in [6.45, 7) is 0. The summed E-state index contributed by atoms with van der Waals surface area (Å²) in [4.78, 5) is 22.6. The minimum absolute atomic E-state index is 0.156. The van der Waals surface area contributed by atoms with E-state index in [1.165, 1.54) is 24.3 Å². The molecular formula is C16H10Cl2O3. The van der Waals surface area contributed by atoms with Gasteiger partial charge >= 0.3 is 5.97 Å². The first-order valence-corrected chi connectivity index (χ1v) is 6.75. The Balaban J connectivity index is 2.12. The summed E-state index contributed by atoms with van der Waals surface area (Å²) in [5, 5.41) is 0.921. The van der Waals surface area contributed by atoms with Gasteiger partial charge in [-0.15, -0.1) is 0 Å². The minimum Gasteiger partial charge on any atom is -0.423 e. The van der Waals surface area contributed by atoms with Crippen LogP contribution in [0, 0.1) is 0 Å². The molecule has 0 unspecified atom stereocenters. The van der Waals surface area contributed by atoms with E-state index in [1.807, 2.05) is 0 Å². The predicted molar refractivity (Wildman–Crippen MR) is 83.0 cm³/mol. The van der Waals surface area contributed by atoms with Gasteiger partial charge in [0, 0.05) is 16.1 Å². The molecule has 2 aromatic carbocycles. The summed E-state index contributed by atoms with van der Waals surface area (Å²) in [7, 11) is 0. The molecule has 5 heteroatoms. The maximum absolute atomic E-state index is 11.7. The van der Waals surface area contributed by atoms with Crippen LogP contribution >= 0.6 is 23.2 Å². The fourth-order valence-corrected chi connectivity index (χ4v) is 1.99. The molecule has 0 radical (unpaired) electrons. The second kappa shape index (κ2) is 7.07. The Labute approximate surface area is 131 Å². The molecule has 0 saturated heterocycles. The number of carbonyl (C=O) groups is 2. The molecule has 0 aromatic heterocycles. The summed E-state index contributed by atoms with van der Waals surface area (Å²) in [6.07, 6.45) is 3.36. The van der Waals surface area contributed by atoms with Crippen LogP contribution in [-0.2, 0) is 4.79 Å². The van der Waals surface area contributed by atoms with Gasteiger partial charge in [0.2, 0.25) is 0 Å². The van der Waals surface area contributed by atoms with Gasteiger partial charge in [0.05, 0.1) is 5.56 Å². The minimum atomic E-state index is -0.611. The van der Waals surface area contributed by atoms with Crippen molar-refractivity contribution < 1.29 is 14.3 Å². The van der Waals surface area contributed by atoms with Gasteiger partial charge in [0.15, 0.2) is 6.29 Å². The van der Waals surface area contributed by atoms with Crippen LogP contribution in [0.25, 0.3) is 6.08 Å². The molecule has 3 nitrogen and oxygen atoms in total. The van der Waals surface area contributed by atoms with Crippen molar-refractivity contribution in [3.8, 4) is 5.75 Å². The van der Waals surface area contributed by atoms with Gasteiger partial charge in [-0.25, -0.2) is 4.79 Å². The lowest BCUT2D eigenvalue weighted by Crippen LogP contribution is -2.05. The van der Waals surface area contributed by atoms with E-state index in [1.54, 1.807) is 30.3 Å². The Morgan fingerprint density at radius 2 is 1.81 bits per heavy atom. The Kier molecular flexibility index (Phi) is 5.14. The highest BCUT2D eigenvalue weighted by Crippen LogP contribution is 2.22. The predicted octanol–water partition coefficient (Wildman–Crippen LogP) is 4.42. The highest BCUT2D eigenvalue weighted by atomic mass is 35.5. The topological polar surface area (TPSA) is 43.4 Å². The van der Waals surface area contributed by atoms with E-state index in [2.05, 4.69) is 0 Å². The summed E-state index contributed by atoms with van der Waals surface area (Å²) in [6, 6.07) is 11.5. The first kappa shape index (κ1) is 15.3. The number of esters is 1. The number of benzene rings is 2. The van der Waals surface area contributed by atoms with Crippen molar-refractivity contribution in [3.63, 3.8) is 0 Å². The van der Waals surface area contributed by atoms with E-state index in [0.29, 0.717) is 21.9 Å². The van der Waals surface area contributed by atoms with Crippen molar-refractivity contribution in [1.29, 1.82) is 0 Å². The van der Waals surface area contributed by atoms with Gasteiger partial charge in [-0.3, -0.25) is 4.79 Å². The third-order valence-electron chi connectivity index (χ3n) is 2.61. The molecule has 0 atom stereocenters. The number of aldehydes is 1. The smallest absolute Gasteiger partial charge is 0.336 e. The zero-order chi connectivity index (χ0) is 15.2.